The standard InChI is InChI=1S/C22H27N3O3/c1-21(2,3)24-20(27)23-16-11-12-17-18(13-16)28-22(4,5)19(26)25(17)14-15-9-7-6-8-10-15/h6-13H,14H2,1-5H3,(H2,23,24,27). The lowest BCUT2D eigenvalue weighted by molar-refractivity contribution is -0.132. The Bertz CT molecular complexity index is 886. The second kappa shape index (κ2) is 7.19. The first-order valence-electron chi connectivity index (χ1n) is 9.33. The first-order valence-corrected chi connectivity index (χ1v) is 9.33. The molecule has 2 aromatic rings. The van der Waals surface area contributed by atoms with Crippen molar-refractivity contribution in [3.05, 3.63) is 54.1 Å². The zero-order valence-corrected chi connectivity index (χ0v) is 17.0. The van der Waals surface area contributed by atoms with Gasteiger partial charge in [0.15, 0.2) is 5.60 Å². The van der Waals surface area contributed by atoms with Crippen LogP contribution in [0.15, 0.2) is 48.5 Å². The van der Waals surface area contributed by atoms with Crippen molar-refractivity contribution < 1.29 is 14.3 Å². The fraction of sp³-hybridized carbons (Fsp3) is 0.364. The Labute approximate surface area is 165 Å². The van der Waals surface area contributed by atoms with E-state index in [0.717, 1.165) is 5.56 Å². The fourth-order valence-electron chi connectivity index (χ4n) is 3.08. The van der Waals surface area contributed by atoms with Gasteiger partial charge >= 0.3 is 6.03 Å². The van der Waals surface area contributed by atoms with E-state index < -0.39 is 5.60 Å². The van der Waals surface area contributed by atoms with Crippen molar-refractivity contribution in [1.29, 1.82) is 0 Å². The summed E-state index contributed by atoms with van der Waals surface area (Å²) in [4.78, 5) is 26.8. The summed E-state index contributed by atoms with van der Waals surface area (Å²) < 4.78 is 5.96. The Hall–Kier alpha value is -3.02. The number of carbonyl (C=O) groups is 2. The monoisotopic (exact) mass is 381 g/mol. The van der Waals surface area contributed by atoms with E-state index in [-0.39, 0.29) is 17.5 Å². The first-order chi connectivity index (χ1) is 13.0. The molecule has 2 N–H and O–H groups in total. The van der Waals surface area contributed by atoms with Crippen molar-refractivity contribution in [3.63, 3.8) is 0 Å². The molecule has 28 heavy (non-hydrogen) atoms. The predicted octanol–water partition coefficient (Wildman–Crippen LogP) is 4.31. The third kappa shape index (κ3) is 4.44. The van der Waals surface area contributed by atoms with Crippen LogP contribution in [0.3, 0.4) is 0 Å². The molecule has 6 nitrogen and oxygen atoms in total. The van der Waals surface area contributed by atoms with Gasteiger partial charge in [-0.2, -0.15) is 0 Å². The summed E-state index contributed by atoms with van der Waals surface area (Å²) in [5, 5.41) is 5.68. The Balaban J connectivity index is 1.88. The average molecular weight is 381 g/mol. The Morgan fingerprint density at radius 3 is 2.43 bits per heavy atom. The zero-order chi connectivity index (χ0) is 20.5. The van der Waals surface area contributed by atoms with Gasteiger partial charge in [-0.25, -0.2) is 4.79 Å². The molecule has 0 saturated heterocycles. The molecule has 0 spiro atoms. The summed E-state index contributed by atoms with van der Waals surface area (Å²) in [6.45, 7) is 9.70. The molecular formula is C22H27N3O3. The maximum absolute atomic E-state index is 13.0. The number of amides is 3. The highest BCUT2D eigenvalue weighted by Crippen LogP contribution is 2.40. The topological polar surface area (TPSA) is 70.7 Å². The lowest BCUT2D eigenvalue weighted by Gasteiger charge is -2.39. The van der Waals surface area contributed by atoms with Gasteiger partial charge in [-0.1, -0.05) is 30.3 Å². The van der Waals surface area contributed by atoms with E-state index in [4.69, 9.17) is 4.74 Å². The van der Waals surface area contributed by atoms with Crippen LogP contribution in [0.1, 0.15) is 40.2 Å². The number of fused-ring (bicyclic) bond motifs is 1. The Morgan fingerprint density at radius 1 is 1.11 bits per heavy atom. The molecule has 0 bridgehead atoms. The van der Waals surface area contributed by atoms with Gasteiger partial charge in [0, 0.05) is 17.3 Å². The Kier molecular flexibility index (Phi) is 5.06. The highest BCUT2D eigenvalue weighted by atomic mass is 16.5. The molecule has 1 heterocycles. The molecule has 148 valence electrons. The van der Waals surface area contributed by atoms with E-state index in [2.05, 4.69) is 10.6 Å². The van der Waals surface area contributed by atoms with Crippen LogP contribution in [0, 0.1) is 0 Å². The van der Waals surface area contributed by atoms with Crippen LogP contribution < -0.4 is 20.3 Å². The number of benzene rings is 2. The summed E-state index contributed by atoms with van der Waals surface area (Å²) in [5.74, 6) is 0.462. The molecule has 1 aliphatic rings. The minimum atomic E-state index is -0.992. The highest BCUT2D eigenvalue weighted by molar-refractivity contribution is 6.03. The number of nitrogens with one attached hydrogen (secondary N) is 2. The van der Waals surface area contributed by atoms with E-state index in [1.165, 1.54) is 0 Å². The highest BCUT2D eigenvalue weighted by Gasteiger charge is 2.41. The van der Waals surface area contributed by atoms with Crippen LogP contribution in [0.4, 0.5) is 16.2 Å². The second-order valence-electron chi connectivity index (χ2n) is 8.50. The molecule has 0 aliphatic carbocycles. The maximum Gasteiger partial charge on any atom is 0.319 e. The van der Waals surface area contributed by atoms with Crippen LogP contribution in [0.25, 0.3) is 0 Å². The predicted molar refractivity (Wildman–Crippen MR) is 111 cm³/mol. The van der Waals surface area contributed by atoms with Gasteiger partial charge < -0.3 is 20.3 Å². The van der Waals surface area contributed by atoms with Crippen molar-refractivity contribution in [2.75, 3.05) is 10.2 Å². The third-order valence-corrected chi connectivity index (χ3v) is 4.31. The maximum atomic E-state index is 13.0. The number of hydrogen-bond acceptors (Lipinski definition) is 3. The largest absolute Gasteiger partial charge is 0.476 e. The van der Waals surface area contributed by atoms with E-state index >= 15 is 0 Å². The van der Waals surface area contributed by atoms with Gasteiger partial charge in [0.1, 0.15) is 5.75 Å². The van der Waals surface area contributed by atoms with E-state index in [9.17, 15) is 9.59 Å². The van der Waals surface area contributed by atoms with Crippen molar-refractivity contribution in [2.24, 2.45) is 0 Å². The molecule has 1 aliphatic heterocycles. The summed E-state index contributed by atoms with van der Waals surface area (Å²) in [7, 11) is 0. The minimum Gasteiger partial charge on any atom is -0.476 e. The molecule has 6 heteroatoms. The molecular weight excluding hydrogens is 354 g/mol. The van der Waals surface area contributed by atoms with Crippen LogP contribution in [0.2, 0.25) is 0 Å². The number of carbonyl (C=O) groups excluding carboxylic acids is 2. The number of rotatable bonds is 3. The van der Waals surface area contributed by atoms with Crippen LogP contribution in [-0.2, 0) is 11.3 Å². The normalized spacial score (nSPS) is 15.5. The molecule has 0 atom stereocenters. The van der Waals surface area contributed by atoms with Gasteiger partial charge in [0.2, 0.25) is 0 Å². The lowest BCUT2D eigenvalue weighted by Crippen LogP contribution is -2.52. The number of ether oxygens (including phenoxy) is 1. The molecule has 0 radical (unpaired) electrons. The van der Waals surface area contributed by atoms with E-state index in [1.807, 2.05) is 51.1 Å². The average Bonchev–Trinajstić information content (AvgIpc) is 2.57. The molecule has 0 saturated carbocycles. The van der Waals surface area contributed by atoms with Gasteiger partial charge in [-0.3, -0.25) is 4.79 Å². The molecule has 2 aromatic carbocycles. The second-order valence-corrected chi connectivity index (χ2v) is 8.50. The SMILES string of the molecule is CC(C)(C)NC(=O)Nc1ccc2c(c1)OC(C)(C)C(=O)N2Cc1ccccc1. The molecule has 3 rings (SSSR count). The molecule has 0 aromatic heterocycles. The van der Waals surface area contributed by atoms with E-state index in [1.54, 1.807) is 36.9 Å². The fourth-order valence-corrected chi connectivity index (χ4v) is 3.08. The minimum absolute atomic E-state index is 0.102. The van der Waals surface area contributed by atoms with Gasteiger partial charge in [0.25, 0.3) is 5.91 Å². The summed E-state index contributed by atoms with van der Waals surface area (Å²) in [5.41, 5.74) is 0.996. The summed E-state index contributed by atoms with van der Waals surface area (Å²) in [6, 6.07) is 14.9. The summed E-state index contributed by atoms with van der Waals surface area (Å²) >= 11 is 0. The van der Waals surface area contributed by atoms with Crippen LogP contribution >= 0.6 is 0 Å². The zero-order valence-electron chi connectivity index (χ0n) is 17.0. The molecule has 0 unspecified atom stereocenters. The van der Waals surface area contributed by atoms with E-state index in [0.29, 0.717) is 23.7 Å². The number of nitrogens with zero attached hydrogens (tertiary/aromatic N) is 1. The number of urea groups is 1. The lowest BCUT2D eigenvalue weighted by atomic mass is 10.0. The summed E-state index contributed by atoms with van der Waals surface area (Å²) in [6.07, 6.45) is 0. The van der Waals surface area contributed by atoms with Crippen molar-refractivity contribution in [2.45, 2.75) is 52.3 Å². The van der Waals surface area contributed by atoms with Gasteiger partial charge in [-0.15, -0.1) is 0 Å². The van der Waals surface area contributed by atoms with Crippen LogP contribution in [-0.4, -0.2) is 23.1 Å². The van der Waals surface area contributed by atoms with Crippen LogP contribution in [0.5, 0.6) is 5.75 Å². The first kappa shape index (κ1) is 19.7. The quantitative estimate of drug-likeness (QED) is 0.832. The van der Waals surface area contributed by atoms with Crippen molar-refractivity contribution in [3.8, 4) is 5.75 Å². The van der Waals surface area contributed by atoms with Crippen molar-refractivity contribution >= 4 is 23.3 Å². The molecule has 3 amide bonds. The van der Waals surface area contributed by atoms with Gasteiger partial charge in [-0.05, 0) is 52.3 Å². The Morgan fingerprint density at radius 2 is 1.79 bits per heavy atom. The number of anilines is 2. The third-order valence-electron chi connectivity index (χ3n) is 4.31. The van der Waals surface area contributed by atoms with Crippen molar-refractivity contribution in [1.82, 2.24) is 5.32 Å². The van der Waals surface area contributed by atoms with Gasteiger partial charge in [0.05, 0.1) is 12.2 Å². The molecule has 0 fully saturated rings. The smallest absolute Gasteiger partial charge is 0.319 e. The number of hydrogen-bond donors (Lipinski definition) is 2.